The number of pyridine rings is 1. The summed E-state index contributed by atoms with van der Waals surface area (Å²) in [6, 6.07) is 11.9. The number of aryl methyl sites for hydroxylation is 1. The van der Waals surface area contributed by atoms with Crippen molar-refractivity contribution >= 4 is 28.9 Å². The monoisotopic (exact) mass is 453 g/mol. The molecule has 1 unspecified atom stereocenters. The molecule has 6 heteroatoms. The number of nitrogens with two attached hydrogens (primary N) is 1. The molecular formula is C26H36ClN5. The highest BCUT2D eigenvalue weighted by atomic mass is 35.5. The first-order valence-corrected chi connectivity index (χ1v) is 11.4. The molecule has 2 heterocycles. The first-order chi connectivity index (χ1) is 15.5. The summed E-state index contributed by atoms with van der Waals surface area (Å²) >= 11 is 6.28. The van der Waals surface area contributed by atoms with Crippen LogP contribution in [0.1, 0.15) is 45.2 Å². The maximum atomic E-state index is 6.28. The summed E-state index contributed by atoms with van der Waals surface area (Å²) in [5, 5.41) is 7.23. The van der Waals surface area contributed by atoms with Gasteiger partial charge in [0.1, 0.15) is 17.8 Å². The molecule has 0 aliphatic carbocycles. The van der Waals surface area contributed by atoms with E-state index in [0.29, 0.717) is 5.03 Å². The average Bonchev–Trinajstić information content (AvgIpc) is 2.82. The number of nitrogens with zero attached hydrogens (tertiary/aromatic N) is 2. The highest BCUT2D eigenvalue weighted by molar-refractivity contribution is 6.31. The van der Waals surface area contributed by atoms with Crippen LogP contribution in [0.25, 0.3) is 0 Å². The van der Waals surface area contributed by atoms with Crippen molar-refractivity contribution in [3.05, 3.63) is 89.1 Å². The Kier molecular flexibility index (Phi) is 12.5. The molecule has 1 aliphatic rings. The Morgan fingerprint density at radius 3 is 2.53 bits per heavy atom. The third-order valence-electron chi connectivity index (χ3n) is 4.54. The molecule has 0 amide bonds. The van der Waals surface area contributed by atoms with E-state index < -0.39 is 0 Å². The summed E-state index contributed by atoms with van der Waals surface area (Å²) in [5.74, 6) is 1.56. The van der Waals surface area contributed by atoms with E-state index in [1.165, 1.54) is 5.56 Å². The first-order valence-electron chi connectivity index (χ1n) is 11.0. The second kappa shape index (κ2) is 14.9. The molecule has 1 aromatic carbocycles. The number of amidine groups is 1. The second-order valence-electron chi connectivity index (χ2n) is 6.65. The van der Waals surface area contributed by atoms with Crippen molar-refractivity contribution < 1.29 is 0 Å². The highest BCUT2D eigenvalue weighted by Crippen LogP contribution is 2.23. The largest absolute Gasteiger partial charge is 0.399 e. The zero-order chi connectivity index (χ0) is 23.9. The number of anilines is 2. The molecule has 0 saturated heterocycles. The summed E-state index contributed by atoms with van der Waals surface area (Å²) < 4.78 is 0. The van der Waals surface area contributed by atoms with E-state index in [4.69, 9.17) is 17.3 Å². The molecule has 0 saturated carbocycles. The van der Waals surface area contributed by atoms with Crippen LogP contribution in [-0.2, 0) is 6.42 Å². The van der Waals surface area contributed by atoms with Gasteiger partial charge in [-0.15, -0.1) is 0 Å². The summed E-state index contributed by atoms with van der Waals surface area (Å²) in [6.45, 7) is 11.9. The van der Waals surface area contributed by atoms with Crippen LogP contribution in [0.15, 0.2) is 83.0 Å². The van der Waals surface area contributed by atoms with Gasteiger partial charge in [0, 0.05) is 29.5 Å². The highest BCUT2D eigenvalue weighted by Gasteiger charge is 2.25. The Hall–Kier alpha value is -3.05. The number of hydrogen-bond donors (Lipinski definition) is 3. The molecule has 32 heavy (non-hydrogen) atoms. The topological polar surface area (TPSA) is 75.3 Å². The molecule has 2 aromatic rings. The van der Waals surface area contributed by atoms with Crippen LogP contribution in [0, 0.1) is 0 Å². The van der Waals surface area contributed by atoms with Gasteiger partial charge in [0.25, 0.3) is 0 Å². The maximum absolute atomic E-state index is 6.28. The maximum Gasteiger partial charge on any atom is 0.138 e. The van der Waals surface area contributed by atoms with Crippen molar-refractivity contribution in [3.8, 4) is 0 Å². The molecule has 1 atom stereocenters. The zero-order valence-electron chi connectivity index (χ0n) is 19.8. The number of para-hydroxylation sites is 1. The van der Waals surface area contributed by atoms with E-state index in [2.05, 4.69) is 40.2 Å². The summed E-state index contributed by atoms with van der Waals surface area (Å²) in [6.07, 6.45) is 9.23. The number of benzene rings is 1. The zero-order valence-corrected chi connectivity index (χ0v) is 20.6. The fourth-order valence-corrected chi connectivity index (χ4v) is 3.38. The van der Waals surface area contributed by atoms with Gasteiger partial charge in [-0.1, -0.05) is 75.7 Å². The van der Waals surface area contributed by atoms with Gasteiger partial charge < -0.3 is 16.4 Å². The number of nitrogens with one attached hydrogen (secondary N) is 2. The van der Waals surface area contributed by atoms with E-state index in [-0.39, 0.29) is 6.17 Å². The van der Waals surface area contributed by atoms with E-state index in [9.17, 15) is 0 Å². The Balaban J connectivity index is 0.000000358. The number of allylic oxidation sites excluding steroid dienone is 3. The SMILES string of the molecule is C=C/C(=C(Cl)\C=C/C)C1NC(=NC)c2cccnc2N1.CC.CCCc1ccccc1N. The predicted molar refractivity (Wildman–Crippen MR) is 141 cm³/mol. The van der Waals surface area contributed by atoms with Gasteiger partial charge in [-0.2, -0.15) is 0 Å². The van der Waals surface area contributed by atoms with Crippen LogP contribution in [-0.4, -0.2) is 24.0 Å². The van der Waals surface area contributed by atoms with Gasteiger partial charge in [0.2, 0.25) is 0 Å². The van der Waals surface area contributed by atoms with E-state index in [1.54, 1.807) is 19.3 Å². The number of rotatable bonds is 5. The van der Waals surface area contributed by atoms with Crippen molar-refractivity contribution in [2.24, 2.45) is 4.99 Å². The van der Waals surface area contributed by atoms with Crippen LogP contribution in [0.3, 0.4) is 0 Å². The molecular weight excluding hydrogens is 418 g/mol. The number of hydrogen-bond acceptors (Lipinski definition) is 4. The van der Waals surface area contributed by atoms with Crippen LogP contribution in [0.5, 0.6) is 0 Å². The minimum Gasteiger partial charge on any atom is -0.399 e. The number of aromatic nitrogens is 1. The van der Waals surface area contributed by atoms with Crippen LogP contribution in [0.4, 0.5) is 11.5 Å². The van der Waals surface area contributed by atoms with Gasteiger partial charge in [-0.3, -0.25) is 4.99 Å². The molecule has 3 rings (SSSR count). The third-order valence-corrected chi connectivity index (χ3v) is 4.89. The fraction of sp³-hybridized carbons (Fsp3) is 0.308. The van der Waals surface area contributed by atoms with Gasteiger partial charge >= 0.3 is 0 Å². The third kappa shape index (κ3) is 7.57. The molecule has 0 radical (unpaired) electrons. The number of fused-ring (bicyclic) bond motifs is 1. The smallest absolute Gasteiger partial charge is 0.138 e. The lowest BCUT2D eigenvalue weighted by Crippen LogP contribution is -2.46. The number of halogens is 1. The summed E-state index contributed by atoms with van der Waals surface area (Å²) in [5.41, 5.74) is 9.69. The van der Waals surface area contributed by atoms with Crippen LogP contribution < -0.4 is 16.4 Å². The molecule has 0 fully saturated rings. The molecule has 4 N–H and O–H groups in total. The Morgan fingerprint density at radius 2 is 1.94 bits per heavy atom. The second-order valence-corrected chi connectivity index (χ2v) is 7.06. The quantitative estimate of drug-likeness (QED) is 0.366. The molecule has 0 bridgehead atoms. The van der Waals surface area contributed by atoms with Crippen molar-refractivity contribution in [1.82, 2.24) is 10.3 Å². The number of nitrogen functional groups attached to an aromatic ring is 1. The van der Waals surface area contributed by atoms with Gasteiger partial charge in [-0.05, 0) is 43.2 Å². The van der Waals surface area contributed by atoms with E-state index >= 15 is 0 Å². The van der Waals surface area contributed by atoms with Gasteiger partial charge in [-0.25, -0.2) is 4.98 Å². The van der Waals surface area contributed by atoms with Crippen molar-refractivity contribution in [2.45, 2.75) is 46.7 Å². The van der Waals surface area contributed by atoms with Gasteiger partial charge in [0.05, 0.1) is 5.56 Å². The normalized spacial score (nSPS) is 16.3. The lowest BCUT2D eigenvalue weighted by Gasteiger charge is -2.30. The van der Waals surface area contributed by atoms with Crippen molar-refractivity contribution in [1.29, 1.82) is 0 Å². The fourth-order valence-electron chi connectivity index (χ4n) is 3.07. The molecule has 0 spiro atoms. The van der Waals surface area contributed by atoms with Crippen molar-refractivity contribution in [2.75, 3.05) is 18.1 Å². The molecule has 5 nitrogen and oxygen atoms in total. The lowest BCUT2D eigenvalue weighted by molar-refractivity contribution is 0.767. The Morgan fingerprint density at radius 1 is 1.22 bits per heavy atom. The average molecular weight is 454 g/mol. The Bertz CT molecular complexity index is 947. The van der Waals surface area contributed by atoms with Crippen LogP contribution in [0.2, 0.25) is 0 Å². The predicted octanol–water partition coefficient (Wildman–Crippen LogP) is 6.30. The lowest BCUT2D eigenvalue weighted by atomic mass is 10.1. The molecule has 172 valence electrons. The minimum absolute atomic E-state index is 0.211. The van der Waals surface area contributed by atoms with Crippen LogP contribution >= 0.6 is 11.6 Å². The van der Waals surface area contributed by atoms with Gasteiger partial charge in [0.15, 0.2) is 0 Å². The van der Waals surface area contributed by atoms with E-state index in [1.807, 2.05) is 63.3 Å². The first kappa shape index (κ1) is 27.0. The standard InChI is InChI=1S/C15H17ClN4.C9H13N.C2H6/c1-4-7-12(16)10(5-2)15-19-13(17-3)11-8-6-9-18-14(11)20-15;1-2-5-8-6-3-4-7-9(8)10;1-2/h4-9,15H,2H2,1,3H3,(H,17,19)(H,18,20);3-4,6-7H,2,5,10H2,1H3;1-2H3/b7-4-,12-10-;;. The minimum atomic E-state index is -0.211. The van der Waals surface area contributed by atoms with E-state index in [0.717, 1.165) is 41.3 Å². The summed E-state index contributed by atoms with van der Waals surface area (Å²) in [4.78, 5) is 8.61. The Labute approximate surface area is 198 Å². The molecule has 1 aromatic heterocycles. The van der Waals surface area contributed by atoms with Crippen molar-refractivity contribution in [3.63, 3.8) is 0 Å². The summed E-state index contributed by atoms with van der Waals surface area (Å²) in [7, 11) is 1.74. The number of aliphatic imine (C=N–C) groups is 1. The molecule has 1 aliphatic heterocycles.